The molecule has 0 saturated carbocycles. The molecule has 3 saturated heterocycles. The molecule has 7 rings (SSSR count). The highest BCUT2D eigenvalue weighted by molar-refractivity contribution is 6.36. The number of fused-ring (bicyclic) bond motifs is 3. The molecule has 0 bridgehead atoms. The maximum atomic E-state index is 14.6. The van der Waals surface area contributed by atoms with E-state index < -0.39 is 29.6 Å². The zero-order chi connectivity index (χ0) is 33.6. The first kappa shape index (κ1) is 32.1. The largest absolute Gasteiger partial charge is 0.475 e. The molecule has 1 aliphatic carbocycles. The third-order valence-electron chi connectivity index (χ3n) is 10.5. The van der Waals surface area contributed by atoms with Crippen LogP contribution in [-0.2, 0) is 9.53 Å². The first-order valence-electron chi connectivity index (χ1n) is 16.4. The van der Waals surface area contributed by atoms with Crippen LogP contribution in [0.15, 0.2) is 77.2 Å². The van der Waals surface area contributed by atoms with E-state index in [2.05, 4.69) is 23.6 Å². The van der Waals surface area contributed by atoms with Gasteiger partial charge in [0, 0.05) is 36.6 Å². The van der Waals surface area contributed by atoms with Gasteiger partial charge in [0.1, 0.15) is 24.1 Å². The van der Waals surface area contributed by atoms with Crippen molar-refractivity contribution in [1.82, 2.24) is 14.7 Å². The predicted octanol–water partition coefficient (Wildman–Crippen LogP) is 6.31. The number of hydrogen-bond donors (Lipinski definition) is 0. The molecule has 246 valence electrons. The maximum absolute atomic E-state index is 14.6. The fourth-order valence-corrected chi connectivity index (χ4v) is 8.54. The van der Waals surface area contributed by atoms with Crippen LogP contribution in [-0.4, -0.2) is 83.5 Å². The zero-order valence-corrected chi connectivity index (χ0v) is 27.2. The molecule has 1 amide bonds. The lowest BCUT2D eigenvalue weighted by Gasteiger charge is -2.45. The lowest BCUT2D eigenvalue weighted by molar-refractivity contribution is -0.133. The number of nitriles is 2. The van der Waals surface area contributed by atoms with Gasteiger partial charge in [-0.2, -0.15) is 10.5 Å². The number of hydrogen-bond acceptors (Lipinski definition) is 7. The Labute approximate surface area is 283 Å². The molecular formula is C37H35ClF2N6O2. The van der Waals surface area contributed by atoms with Crippen LogP contribution in [0.1, 0.15) is 37.7 Å². The van der Waals surface area contributed by atoms with Gasteiger partial charge in [-0.05, 0) is 61.4 Å². The minimum absolute atomic E-state index is 0.00707. The van der Waals surface area contributed by atoms with Gasteiger partial charge in [-0.1, -0.05) is 60.7 Å². The van der Waals surface area contributed by atoms with E-state index in [1.165, 1.54) is 11.0 Å². The summed E-state index contributed by atoms with van der Waals surface area (Å²) in [6, 6.07) is 12.2. The number of aliphatic imine (C=N–C) groups is 1. The maximum Gasteiger partial charge on any atom is 0.282 e. The second kappa shape index (κ2) is 12.8. The van der Waals surface area contributed by atoms with Gasteiger partial charge in [0.25, 0.3) is 5.91 Å². The number of ether oxygens (including phenoxy) is 1. The molecule has 3 atom stereocenters. The van der Waals surface area contributed by atoms with Crippen LogP contribution in [0.2, 0.25) is 5.02 Å². The van der Waals surface area contributed by atoms with Gasteiger partial charge >= 0.3 is 0 Å². The Bertz CT molecular complexity index is 1890. The van der Waals surface area contributed by atoms with Crippen molar-refractivity contribution in [2.45, 2.75) is 49.7 Å². The Hall–Kier alpha value is -4.51. The third kappa shape index (κ3) is 5.47. The van der Waals surface area contributed by atoms with E-state index in [-0.39, 0.29) is 41.9 Å². The van der Waals surface area contributed by atoms with Crippen LogP contribution >= 0.6 is 11.6 Å². The molecule has 0 spiro atoms. The molecule has 2 aromatic rings. The van der Waals surface area contributed by atoms with Crippen molar-refractivity contribution in [1.29, 1.82) is 10.5 Å². The summed E-state index contributed by atoms with van der Waals surface area (Å²) in [5, 5.41) is 21.7. The van der Waals surface area contributed by atoms with Gasteiger partial charge in [0.15, 0.2) is 5.83 Å². The standard InChI is InChI=1S/C37H35ClF2N6O2/c1-23(39)36(47)46-18-17-44(21-26(46)11-14-41)34-28-9-7-25(27-6-2-5-24-8-10-30(40)33(38)32(24)27)19-31(28)43-35(29(34)20-42)48-22-37-12-3-15-45(37)16-4-13-37/h2,5-10,19,26,28,31H,1,3-4,11-13,15-18,21-22H2/t26-,28?,31?/m0/s1. The molecule has 5 aliphatic rings. The summed E-state index contributed by atoms with van der Waals surface area (Å²) in [6.45, 7) is 6.36. The number of amides is 1. The van der Waals surface area contributed by atoms with Crippen LogP contribution in [0.5, 0.6) is 0 Å². The topological polar surface area (TPSA) is 96.0 Å². The Morgan fingerprint density at radius 2 is 1.94 bits per heavy atom. The molecule has 2 aromatic carbocycles. The lowest BCUT2D eigenvalue weighted by atomic mass is 9.82. The van der Waals surface area contributed by atoms with Crippen molar-refractivity contribution in [3.05, 3.63) is 88.6 Å². The monoisotopic (exact) mass is 668 g/mol. The predicted molar refractivity (Wildman–Crippen MR) is 180 cm³/mol. The molecule has 0 N–H and O–H groups in total. The van der Waals surface area contributed by atoms with E-state index in [1.807, 2.05) is 41.3 Å². The molecule has 11 heteroatoms. The van der Waals surface area contributed by atoms with Crippen LogP contribution in [0.25, 0.3) is 16.3 Å². The first-order chi connectivity index (χ1) is 23.2. The fraction of sp³-hybridized carbons (Fsp3) is 0.405. The molecule has 0 aromatic heterocycles. The second-order valence-electron chi connectivity index (χ2n) is 13.1. The summed E-state index contributed by atoms with van der Waals surface area (Å²) in [4.78, 5) is 23.5. The first-order valence-corrected chi connectivity index (χ1v) is 16.8. The number of allylic oxidation sites excluding steroid dienone is 2. The minimum Gasteiger partial charge on any atom is -0.475 e. The van der Waals surface area contributed by atoms with Gasteiger partial charge in [-0.3, -0.25) is 9.69 Å². The average molecular weight is 669 g/mol. The molecule has 0 radical (unpaired) electrons. The van der Waals surface area contributed by atoms with Crippen molar-refractivity contribution in [2.24, 2.45) is 10.9 Å². The van der Waals surface area contributed by atoms with E-state index >= 15 is 0 Å². The van der Waals surface area contributed by atoms with Crippen molar-refractivity contribution in [2.75, 3.05) is 39.3 Å². The summed E-state index contributed by atoms with van der Waals surface area (Å²) < 4.78 is 35.1. The van der Waals surface area contributed by atoms with E-state index in [0.717, 1.165) is 55.3 Å². The number of halogens is 3. The highest BCUT2D eigenvalue weighted by Gasteiger charge is 2.46. The minimum atomic E-state index is -1.07. The smallest absolute Gasteiger partial charge is 0.282 e. The number of rotatable bonds is 6. The molecule has 4 heterocycles. The summed E-state index contributed by atoms with van der Waals surface area (Å²) in [6.07, 6.45) is 10.2. The summed E-state index contributed by atoms with van der Waals surface area (Å²) in [5.74, 6) is -2.49. The Morgan fingerprint density at radius 1 is 1.15 bits per heavy atom. The summed E-state index contributed by atoms with van der Waals surface area (Å²) in [7, 11) is 0. The van der Waals surface area contributed by atoms with E-state index in [9.17, 15) is 24.1 Å². The third-order valence-corrected chi connectivity index (χ3v) is 10.9. The average Bonchev–Trinajstić information content (AvgIpc) is 3.68. The van der Waals surface area contributed by atoms with Crippen LogP contribution in [0.4, 0.5) is 8.78 Å². The Kier molecular flexibility index (Phi) is 8.57. The number of carbonyl (C=O) groups is 1. The van der Waals surface area contributed by atoms with Crippen LogP contribution < -0.4 is 0 Å². The molecule has 3 fully saturated rings. The van der Waals surface area contributed by atoms with Gasteiger partial charge in [-0.15, -0.1) is 0 Å². The van der Waals surface area contributed by atoms with E-state index in [0.29, 0.717) is 29.8 Å². The number of piperazine rings is 1. The van der Waals surface area contributed by atoms with Crippen LogP contribution in [0, 0.1) is 34.4 Å². The number of benzene rings is 2. The Morgan fingerprint density at radius 3 is 2.67 bits per heavy atom. The van der Waals surface area contributed by atoms with Crippen molar-refractivity contribution in [3.8, 4) is 12.1 Å². The van der Waals surface area contributed by atoms with Gasteiger partial charge in [0.05, 0.1) is 35.1 Å². The van der Waals surface area contributed by atoms with Crippen LogP contribution in [0.3, 0.4) is 0 Å². The Balaban J connectivity index is 1.28. The molecule has 2 unspecified atom stereocenters. The normalized spacial score (nSPS) is 24.8. The quantitative estimate of drug-likeness (QED) is 0.335. The second-order valence-corrected chi connectivity index (χ2v) is 13.5. The highest BCUT2D eigenvalue weighted by Crippen LogP contribution is 2.42. The van der Waals surface area contributed by atoms with Crippen molar-refractivity contribution >= 4 is 39.8 Å². The van der Waals surface area contributed by atoms with Crippen molar-refractivity contribution < 1.29 is 18.3 Å². The summed E-state index contributed by atoms with van der Waals surface area (Å²) in [5.41, 5.74) is 2.52. The fourth-order valence-electron chi connectivity index (χ4n) is 8.27. The highest BCUT2D eigenvalue weighted by atomic mass is 35.5. The van der Waals surface area contributed by atoms with E-state index in [4.69, 9.17) is 21.3 Å². The lowest BCUT2D eigenvalue weighted by Crippen LogP contribution is -2.56. The molecule has 8 nitrogen and oxygen atoms in total. The summed E-state index contributed by atoms with van der Waals surface area (Å²) >= 11 is 6.51. The number of carbonyl (C=O) groups excluding carboxylic acids is 1. The van der Waals surface area contributed by atoms with Gasteiger partial charge in [-0.25, -0.2) is 13.8 Å². The van der Waals surface area contributed by atoms with Crippen molar-refractivity contribution in [3.63, 3.8) is 0 Å². The zero-order valence-electron chi connectivity index (χ0n) is 26.5. The molecular weight excluding hydrogens is 634 g/mol. The van der Waals surface area contributed by atoms with Gasteiger partial charge in [0.2, 0.25) is 5.90 Å². The number of dihydropyridines is 1. The van der Waals surface area contributed by atoms with Gasteiger partial charge < -0.3 is 14.5 Å². The van der Waals surface area contributed by atoms with E-state index in [1.54, 1.807) is 6.07 Å². The SMILES string of the molecule is C=C(F)C(=O)N1CCN(C2=C(C#N)C(OCC34CCCN3CCC4)=NC3C=C(c4cccc5ccc(F)c(Cl)c45)C=CC23)C[C@@H]1CC#N. The molecule has 4 aliphatic heterocycles. The number of nitrogens with zero attached hydrogens (tertiary/aromatic N) is 6. The molecule has 48 heavy (non-hydrogen) atoms.